The minimum absolute atomic E-state index is 0.111. The molecule has 118 valence electrons. The minimum atomic E-state index is -3.55. The molecule has 3 atom stereocenters. The molecular formula is C16H19NO4S. The van der Waals surface area contributed by atoms with Crippen LogP contribution in [0, 0.1) is 16.7 Å². The molecule has 1 aliphatic rings. The Bertz CT molecular complexity index is 718. The normalized spacial score (nSPS) is 27.0. The van der Waals surface area contributed by atoms with Crippen LogP contribution in [0.4, 0.5) is 0 Å². The topological polar surface area (TPSA) is 84.2 Å². The molecule has 1 aromatic rings. The van der Waals surface area contributed by atoms with Gasteiger partial charge in [-0.25, -0.2) is 8.42 Å². The summed E-state index contributed by atoms with van der Waals surface area (Å²) in [6.45, 7) is 3.76. The van der Waals surface area contributed by atoms with Gasteiger partial charge < -0.3 is 4.74 Å². The van der Waals surface area contributed by atoms with Crippen molar-refractivity contribution in [2.24, 2.45) is 5.41 Å². The highest BCUT2D eigenvalue weighted by Gasteiger charge is 2.76. The third kappa shape index (κ3) is 2.50. The van der Waals surface area contributed by atoms with Crippen molar-refractivity contribution < 1.29 is 17.9 Å². The third-order valence-corrected chi connectivity index (χ3v) is 5.71. The largest absolute Gasteiger partial charge is 0.465 e. The van der Waals surface area contributed by atoms with E-state index in [9.17, 15) is 18.5 Å². The van der Waals surface area contributed by atoms with E-state index in [0.717, 1.165) is 18.2 Å². The van der Waals surface area contributed by atoms with Crippen LogP contribution < -0.4 is 0 Å². The van der Waals surface area contributed by atoms with Crippen LogP contribution in [0.25, 0.3) is 0 Å². The molecule has 2 rings (SSSR count). The lowest BCUT2D eigenvalue weighted by molar-refractivity contribution is -0.147. The molecule has 0 aromatic heterocycles. The molecule has 0 heterocycles. The highest BCUT2D eigenvalue weighted by Crippen LogP contribution is 2.63. The number of aryl methyl sites for hydroxylation is 1. The molecule has 0 spiro atoms. The number of benzene rings is 1. The second-order valence-corrected chi connectivity index (χ2v) is 7.69. The van der Waals surface area contributed by atoms with Gasteiger partial charge in [-0.2, -0.15) is 5.26 Å². The van der Waals surface area contributed by atoms with Crippen molar-refractivity contribution in [3.05, 3.63) is 35.4 Å². The predicted molar refractivity (Wildman–Crippen MR) is 81.9 cm³/mol. The van der Waals surface area contributed by atoms with E-state index in [2.05, 4.69) is 0 Å². The number of esters is 1. The first kappa shape index (κ1) is 16.5. The zero-order chi connectivity index (χ0) is 16.5. The van der Waals surface area contributed by atoms with Crippen LogP contribution in [0.5, 0.6) is 0 Å². The number of hydrogen-bond acceptors (Lipinski definition) is 5. The summed E-state index contributed by atoms with van der Waals surface area (Å²) in [5, 5.41) is 8.46. The SMILES string of the molecule is CCOC(=O)[C@]1(C#N)[C@H](c2ccc(CC)cc2)[C@H]1S(C)(=O)=O. The number of hydrogen-bond donors (Lipinski definition) is 0. The Morgan fingerprint density at radius 3 is 2.32 bits per heavy atom. The quantitative estimate of drug-likeness (QED) is 0.773. The Labute approximate surface area is 130 Å². The standard InChI is InChI=1S/C16H19NO4S/c1-4-11-6-8-12(9-7-11)13-14(22(3,19)20)16(13,10-17)15(18)21-5-2/h6-9,13-14H,4-5H2,1-3H3/t13-,14-,16-/m1/s1. The average molecular weight is 321 g/mol. The highest BCUT2D eigenvalue weighted by atomic mass is 32.2. The maximum absolute atomic E-state index is 12.2. The van der Waals surface area contributed by atoms with Crippen LogP contribution in [-0.4, -0.2) is 32.5 Å². The Hall–Kier alpha value is -1.87. The summed E-state index contributed by atoms with van der Waals surface area (Å²) in [5.74, 6) is -1.42. The number of carbonyl (C=O) groups excluding carboxylic acids is 1. The van der Waals surface area contributed by atoms with E-state index in [4.69, 9.17) is 4.74 Å². The van der Waals surface area contributed by atoms with Crippen LogP contribution in [0.2, 0.25) is 0 Å². The highest BCUT2D eigenvalue weighted by molar-refractivity contribution is 7.91. The zero-order valence-corrected chi connectivity index (χ0v) is 13.7. The van der Waals surface area contributed by atoms with Gasteiger partial charge in [0.05, 0.1) is 12.7 Å². The second-order valence-electron chi connectivity index (χ2n) is 5.52. The Balaban J connectivity index is 2.47. The van der Waals surface area contributed by atoms with Gasteiger partial charge in [0, 0.05) is 12.2 Å². The van der Waals surface area contributed by atoms with Crippen molar-refractivity contribution >= 4 is 15.8 Å². The van der Waals surface area contributed by atoms with Crippen molar-refractivity contribution in [3.8, 4) is 6.07 Å². The van der Waals surface area contributed by atoms with Crippen molar-refractivity contribution in [1.29, 1.82) is 5.26 Å². The van der Waals surface area contributed by atoms with Gasteiger partial charge in [-0.15, -0.1) is 0 Å². The number of sulfone groups is 1. The van der Waals surface area contributed by atoms with Crippen molar-refractivity contribution in [3.63, 3.8) is 0 Å². The van der Waals surface area contributed by atoms with Crippen LogP contribution in [0.15, 0.2) is 24.3 Å². The summed E-state index contributed by atoms with van der Waals surface area (Å²) in [6.07, 6.45) is 1.92. The first-order valence-corrected chi connectivity index (χ1v) is 9.14. The maximum Gasteiger partial charge on any atom is 0.328 e. The molecule has 0 amide bonds. The zero-order valence-electron chi connectivity index (χ0n) is 12.9. The molecule has 5 nitrogen and oxygen atoms in total. The van der Waals surface area contributed by atoms with Gasteiger partial charge in [0.2, 0.25) is 0 Å². The van der Waals surface area contributed by atoms with Gasteiger partial charge in [0.25, 0.3) is 0 Å². The van der Waals surface area contributed by atoms with Gasteiger partial charge in [-0.05, 0) is 24.5 Å². The van der Waals surface area contributed by atoms with Crippen molar-refractivity contribution in [2.45, 2.75) is 31.4 Å². The molecule has 1 fully saturated rings. The summed E-state index contributed by atoms with van der Waals surface area (Å²) in [5.41, 5.74) is 0.165. The molecule has 1 aromatic carbocycles. The minimum Gasteiger partial charge on any atom is -0.465 e. The Morgan fingerprint density at radius 1 is 1.32 bits per heavy atom. The molecule has 22 heavy (non-hydrogen) atoms. The Kier molecular flexibility index (Phi) is 4.30. The molecule has 0 bridgehead atoms. The van der Waals surface area contributed by atoms with E-state index in [1.165, 1.54) is 0 Å². The monoisotopic (exact) mass is 321 g/mol. The van der Waals surface area contributed by atoms with Crippen LogP contribution in [0.1, 0.15) is 30.9 Å². The lowest BCUT2D eigenvalue weighted by atomic mass is 9.99. The van der Waals surface area contributed by atoms with E-state index >= 15 is 0 Å². The van der Waals surface area contributed by atoms with Gasteiger partial charge >= 0.3 is 5.97 Å². The predicted octanol–water partition coefficient (Wildman–Crippen LogP) is 1.83. The van der Waals surface area contributed by atoms with Gasteiger partial charge in [0.15, 0.2) is 15.3 Å². The molecule has 0 saturated heterocycles. The van der Waals surface area contributed by atoms with Crippen molar-refractivity contribution in [2.75, 3.05) is 12.9 Å². The molecular weight excluding hydrogens is 302 g/mol. The van der Waals surface area contributed by atoms with E-state index in [1.807, 2.05) is 25.1 Å². The first-order valence-electron chi connectivity index (χ1n) is 7.19. The summed E-state index contributed by atoms with van der Waals surface area (Å²) in [6, 6.07) is 9.28. The van der Waals surface area contributed by atoms with Crippen LogP contribution in [0.3, 0.4) is 0 Å². The third-order valence-electron chi connectivity index (χ3n) is 4.14. The number of rotatable bonds is 5. The van der Waals surface area contributed by atoms with Gasteiger partial charge in [-0.1, -0.05) is 31.2 Å². The summed E-state index contributed by atoms with van der Waals surface area (Å²) < 4.78 is 29.0. The van der Waals surface area contributed by atoms with Gasteiger partial charge in [0.1, 0.15) is 5.25 Å². The summed E-state index contributed by atoms with van der Waals surface area (Å²) in [4.78, 5) is 12.2. The van der Waals surface area contributed by atoms with E-state index in [1.54, 1.807) is 19.1 Å². The molecule has 1 aliphatic carbocycles. The lowest BCUT2D eigenvalue weighted by Gasteiger charge is -2.08. The number of nitrogens with zero attached hydrogens (tertiary/aromatic N) is 1. The summed E-state index contributed by atoms with van der Waals surface area (Å²) in [7, 11) is -3.55. The fourth-order valence-corrected chi connectivity index (χ4v) is 4.77. The Morgan fingerprint density at radius 2 is 1.91 bits per heavy atom. The second kappa shape index (κ2) is 5.73. The van der Waals surface area contributed by atoms with Gasteiger partial charge in [-0.3, -0.25) is 4.79 Å². The fourth-order valence-electron chi connectivity index (χ4n) is 3.01. The molecule has 0 unspecified atom stereocenters. The lowest BCUT2D eigenvalue weighted by Crippen LogP contribution is -2.24. The van der Waals surface area contributed by atoms with E-state index in [0.29, 0.717) is 5.56 Å². The maximum atomic E-state index is 12.2. The fraction of sp³-hybridized carbons (Fsp3) is 0.500. The van der Waals surface area contributed by atoms with E-state index in [-0.39, 0.29) is 6.61 Å². The average Bonchev–Trinajstić information content (AvgIpc) is 3.18. The molecule has 6 heteroatoms. The van der Waals surface area contributed by atoms with E-state index < -0.39 is 32.4 Å². The number of nitriles is 1. The molecule has 0 N–H and O–H groups in total. The van der Waals surface area contributed by atoms with Crippen molar-refractivity contribution in [1.82, 2.24) is 0 Å². The summed E-state index contributed by atoms with van der Waals surface area (Å²) >= 11 is 0. The smallest absolute Gasteiger partial charge is 0.328 e. The molecule has 0 aliphatic heterocycles. The molecule has 1 saturated carbocycles. The van der Waals surface area contributed by atoms with Crippen LogP contribution >= 0.6 is 0 Å². The van der Waals surface area contributed by atoms with Crippen LogP contribution in [-0.2, 0) is 25.8 Å². The molecule has 0 radical (unpaired) electrons. The number of carbonyl (C=O) groups is 1. The first-order chi connectivity index (χ1) is 10.3. The number of ether oxygens (including phenoxy) is 1.